The summed E-state index contributed by atoms with van der Waals surface area (Å²) in [4.78, 5) is 31.6. The van der Waals surface area contributed by atoms with Crippen molar-refractivity contribution in [2.24, 2.45) is 11.6 Å². The van der Waals surface area contributed by atoms with E-state index < -0.39 is 5.97 Å². The molecule has 4 rings (SSSR count). The van der Waals surface area contributed by atoms with E-state index in [-0.39, 0.29) is 24.5 Å². The largest absolute Gasteiger partial charge is 0.461 e. The number of rotatable bonds is 8. The van der Waals surface area contributed by atoms with Gasteiger partial charge in [0.1, 0.15) is 6.33 Å². The van der Waals surface area contributed by atoms with Gasteiger partial charge in [0.25, 0.3) is 0 Å². The fraction of sp³-hybridized carbons (Fsp3) is 0.333. The van der Waals surface area contributed by atoms with Crippen LogP contribution in [0.2, 0.25) is 0 Å². The summed E-state index contributed by atoms with van der Waals surface area (Å²) in [6.45, 7) is 2.31. The standard InChI is InChI=1S/C20H23N7O3.CH4O/c1-2-30-20(29)17-10-26(12-23-17)18-5-14(13-3-4-13)6-25-8-16(24-19(18)25)9-27(22)7-15(21)11-28;1-2/h5-8,10-13H,2-4,9,21-22H2,1H3;2H,1H3/b15-7-;. The molecule has 11 heteroatoms. The number of nitrogens with two attached hydrogens (primary N) is 2. The van der Waals surface area contributed by atoms with Gasteiger partial charge in [0.2, 0.25) is 0 Å². The van der Waals surface area contributed by atoms with E-state index in [2.05, 4.69) is 17.2 Å². The van der Waals surface area contributed by atoms with Crippen molar-refractivity contribution in [3.63, 3.8) is 0 Å². The van der Waals surface area contributed by atoms with E-state index >= 15 is 0 Å². The number of fused-ring (bicyclic) bond motifs is 1. The molecule has 0 saturated heterocycles. The summed E-state index contributed by atoms with van der Waals surface area (Å²) in [5, 5.41) is 8.31. The molecule has 0 aromatic carbocycles. The molecule has 0 amide bonds. The highest BCUT2D eigenvalue weighted by Crippen LogP contribution is 2.41. The molecule has 3 heterocycles. The number of carbonyl (C=O) groups is 2. The number of imidazole rings is 2. The molecule has 1 aliphatic carbocycles. The predicted octanol–water partition coefficient (Wildman–Crippen LogP) is 0.857. The second kappa shape index (κ2) is 10.1. The van der Waals surface area contributed by atoms with E-state index in [1.165, 1.54) is 16.8 Å². The quantitative estimate of drug-likeness (QED) is 0.152. The molecule has 32 heavy (non-hydrogen) atoms. The zero-order valence-electron chi connectivity index (χ0n) is 18.0. The van der Waals surface area contributed by atoms with Crippen molar-refractivity contribution in [1.29, 1.82) is 0 Å². The average Bonchev–Trinajstić information content (AvgIpc) is 3.37. The number of esters is 1. The molecule has 1 fully saturated rings. The topological polar surface area (TPSA) is 154 Å². The number of hydrazine groups is 1. The van der Waals surface area contributed by atoms with Gasteiger partial charge in [-0.1, -0.05) is 0 Å². The fourth-order valence-corrected chi connectivity index (χ4v) is 3.28. The van der Waals surface area contributed by atoms with E-state index in [1.807, 2.05) is 10.6 Å². The van der Waals surface area contributed by atoms with Crippen LogP contribution >= 0.6 is 0 Å². The number of aldehydes is 1. The molecule has 0 unspecified atom stereocenters. The van der Waals surface area contributed by atoms with Crippen molar-refractivity contribution < 1.29 is 19.4 Å². The Morgan fingerprint density at radius 2 is 2.09 bits per heavy atom. The van der Waals surface area contributed by atoms with Crippen molar-refractivity contribution in [3.8, 4) is 5.69 Å². The average molecular weight is 441 g/mol. The van der Waals surface area contributed by atoms with Gasteiger partial charge in [0.15, 0.2) is 17.6 Å². The summed E-state index contributed by atoms with van der Waals surface area (Å²) in [7, 11) is 1.00. The van der Waals surface area contributed by atoms with Crippen LogP contribution in [-0.4, -0.2) is 55.0 Å². The number of nitrogens with zero attached hydrogens (tertiary/aromatic N) is 5. The van der Waals surface area contributed by atoms with Crippen molar-refractivity contribution in [3.05, 3.63) is 59.8 Å². The number of hydrogen-bond acceptors (Lipinski definition) is 9. The van der Waals surface area contributed by atoms with Gasteiger partial charge in [-0.05, 0) is 37.3 Å². The minimum Gasteiger partial charge on any atom is -0.461 e. The summed E-state index contributed by atoms with van der Waals surface area (Å²) in [5.74, 6) is 5.97. The third-order valence-corrected chi connectivity index (χ3v) is 4.79. The zero-order chi connectivity index (χ0) is 23.3. The molecule has 0 bridgehead atoms. The summed E-state index contributed by atoms with van der Waals surface area (Å²) >= 11 is 0. The highest BCUT2D eigenvalue weighted by atomic mass is 16.5. The number of ether oxygens (including phenoxy) is 1. The minimum absolute atomic E-state index is 0.0304. The summed E-state index contributed by atoms with van der Waals surface area (Å²) in [6.07, 6.45) is 11.4. The Bertz CT molecular complexity index is 1130. The van der Waals surface area contributed by atoms with E-state index in [4.69, 9.17) is 26.4 Å². The van der Waals surface area contributed by atoms with Gasteiger partial charge in [-0.25, -0.2) is 20.6 Å². The number of aliphatic hydroxyl groups excluding tert-OH is 1. The first-order valence-electron chi connectivity index (χ1n) is 10.1. The van der Waals surface area contributed by atoms with Crippen LogP contribution in [0.25, 0.3) is 11.3 Å². The van der Waals surface area contributed by atoms with Crippen molar-refractivity contribution >= 4 is 17.9 Å². The Morgan fingerprint density at radius 3 is 2.75 bits per heavy atom. The second-order valence-electron chi connectivity index (χ2n) is 7.20. The Hall–Kier alpha value is -3.70. The van der Waals surface area contributed by atoms with Crippen LogP contribution in [-0.2, 0) is 16.1 Å². The molecule has 0 radical (unpaired) electrons. The summed E-state index contributed by atoms with van der Waals surface area (Å²) in [5.41, 5.74) is 9.18. The Kier molecular flexibility index (Phi) is 7.23. The Balaban J connectivity index is 0.00000141. The van der Waals surface area contributed by atoms with Gasteiger partial charge in [0, 0.05) is 31.9 Å². The number of allylic oxidation sites excluding steroid dienone is 1. The fourth-order valence-electron chi connectivity index (χ4n) is 3.28. The predicted molar refractivity (Wildman–Crippen MR) is 116 cm³/mol. The summed E-state index contributed by atoms with van der Waals surface area (Å²) in [6, 6.07) is 2.07. The molecule has 1 aliphatic rings. The van der Waals surface area contributed by atoms with Gasteiger partial charge < -0.3 is 29.6 Å². The molecule has 5 N–H and O–H groups in total. The van der Waals surface area contributed by atoms with Crippen LogP contribution in [0.1, 0.15) is 47.4 Å². The van der Waals surface area contributed by atoms with Gasteiger partial charge in [-0.15, -0.1) is 0 Å². The van der Waals surface area contributed by atoms with E-state index in [0.29, 0.717) is 23.5 Å². The maximum absolute atomic E-state index is 12.0. The molecular formula is C21H27N7O4. The van der Waals surface area contributed by atoms with Gasteiger partial charge in [0.05, 0.1) is 30.2 Å². The smallest absolute Gasteiger partial charge is 0.358 e. The maximum atomic E-state index is 12.0. The van der Waals surface area contributed by atoms with Crippen molar-refractivity contribution in [1.82, 2.24) is 23.9 Å². The summed E-state index contributed by atoms with van der Waals surface area (Å²) < 4.78 is 8.75. The third kappa shape index (κ3) is 5.13. The monoisotopic (exact) mass is 441 g/mol. The lowest BCUT2D eigenvalue weighted by Gasteiger charge is -2.11. The van der Waals surface area contributed by atoms with Gasteiger partial charge in [-0.2, -0.15) is 0 Å². The number of carbonyl (C=O) groups excluding carboxylic acids is 2. The second-order valence-corrected chi connectivity index (χ2v) is 7.20. The molecule has 1 saturated carbocycles. The third-order valence-electron chi connectivity index (χ3n) is 4.79. The van der Waals surface area contributed by atoms with Crippen molar-refractivity contribution in [2.75, 3.05) is 13.7 Å². The minimum atomic E-state index is -0.465. The van der Waals surface area contributed by atoms with Gasteiger partial charge in [-0.3, -0.25) is 4.79 Å². The van der Waals surface area contributed by atoms with Crippen LogP contribution in [0.3, 0.4) is 0 Å². The lowest BCUT2D eigenvalue weighted by molar-refractivity contribution is -0.105. The molecule has 3 aromatic rings. The first-order valence-corrected chi connectivity index (χ1v) is 10.1. The molecule has 0 spiro atoms. The van der Waals surface area contributed by atoms with E-state index in [1.54, 1.807) is 24.0 Å². The van der Waals surface area contributed by atoms with E-state index in [9.17, 15) is 9.59 Å². The van der Waals surface area contributed by atoms with Crippen LogP contribution < -0.4 is 11.6 Å². The van der Waals surface area contributed by atoms with Crippen molar-refractivity contribution in [2.45, 2.75) is 32.2 Å². The number of pyridine rings is 1. The first-order chi connectivity index (χ1) is 15.5. The molecule has 0 atom stereocenters. The van der Waals surface area contributed by atoms with E-state index in [0.717, 1.165) is 25.6 Å². The number of aromatic nitrogens is 4. The molecule has 0 aliphatic heterocycles. The number of aliphatic hydroxyl groups is 1. The highest BCUT2D eigenvalue weighted by molar-refractivity contribution is 5.87. The molecule has 11 nitrogen and oxygen atoms in total. The normalized spacial score (nSPS) is 13.4. The highest BCUT2D eigenvalue weighted by Gasteiger charge is 2.26. The van der Waals surface area contributed by atoms with Crippen LogP contribution in [0, 0.1) is 0 Å². The lowest BCUT2D eigenvalue weighted by Crippen LogP contribution is -2.26. The Labute approximate surface area is 184 Å². The lowest BCUT2D eigenvalue weighted by atomic mass is 10.2. The molecular weight excluding hydrogens is 414 g/mol. The van der Waals surface area contributed by atoms with Crippen LogP contribution in [0.4, 0.5) is 0 Å². The van der Waals surface area contributed by atoms with Crippen LogP contribution in [0.5, 0.6) is 0 Å². The number of hydrogen-bond donors (Lipinski definition) is 3. The molecule has 170 valence electrons. The van der Waals surface area contributed by atoms with Gasteiger partial charge >= 0.3 is 5.97 Å². The first kappa shape index (κ1) is 23.0. The van der Waals surface area contributed by atoms with Crippen LogP contribution in [0.15, 0.2) is 42.9 Å². The maximum Gasteiger partial charge on any atom is 0.358 e. The molecule has 3 aromatic heterocycles. The zero-order valence-corrected chi connectivity index (χ0v) is 18.0. The SMILES string of the molecule is CCOC(=O)c1cn(-c2cc(C3CC3)cn3cc(CN(N)/C=C(\N)C=O)nc23)cn1.CO. The Morgan fingerprint density at radius 1 is 1.34 bits per heavy atom.